The number of rotatable bonds is 3. The molecule has 3 N–H and O–H groups in total. The second kappa shape index (κ2) is 4.99. The van der Waals surface area contributed by atoms with Crippen LogP contribution in [0.15, 0.2) is 11.1 Å². The molecule has 0 amide bonds. The summed E-state index contributed by atoms with van der Waals surface area (Å²) in [6.07, 6.45) is 3.23. The zero-order chi connectivity index (χ0) is 13.3. The van der Waals surface area contributed by atoms with Gasteiger partial charge < -0.3 is 5.73 Å². The summed E-state index contributed by atoms with van der Waals surface area (Å²) < 4.78 is 26.5. The van der Waals surface area contributed by atoms with Gasteiger partial charge in [-0.2, -0.15) is 9.40 Å². The number of nitrogens with zero attached hydrogens (tertiary/aromatic N) is 2. The average Bonchev–Trinajstić information content (AvgIpc) is 2.76. The van der Waals surface area contributed by atoms with Crippen LogP contribution in [0.5, 0.6) is 0 Å². The SMILES string of the molecule is Cc1[nH]ncc1S(=O)(=O)N1CCCC(C(C)N)C1. The van der Waals surface area contributed by atoms with E-state index in [9.17, 15) is 8.42 Å². The maximum atomic E-state index is 12.5. The lowest BCUT2D eigenvalue weighted by molar-refractivity contribution is 0.243. The lowest BCUT2D eigenvalue weighted by Crippen LogP contribution is -2.45. The Bertz CT molecular complexity index is 509. The van der Waals surface area contributed by atoms with E-state index in [4.69, 9.17) is 5.73 Å². The van der Waals surface area contributed by atoms with Crippen LogP contribution in [0, 0.1) is 12.8 Å². The number of nitrogens with one attached hydrogen (secondary N) is 1. The minimum Gasteiger partial charge on any atom is -0.328 e. The molecule has 1 aliphatic heterocycles. The maximum absolute atomic E-state index is 12.5. The first-order valence-corrected chi connectivity index (χ1v) is 7.62. The smallest absolute Gasteiger partial charge is 0.246 e. The van der Waals surface area contributed by atoms with Crippen LogP contribution in [0.3, 0.4) is 0 Å². The highest BCUT2D eigenvalue weighted by Gasteiger charge is 2.32. The van der Waals surface area contributed by atoms with Crippen molar-refractivity contribution in [3.8, 4) is 0 Å². The third-order valence-corrected chi connectivity index (χ3v) is 5.54. The summed E-state index contributed by atoms with van der Waals surface area (Å²) >= 11 is 0. The molecule has 0 radical (unpaired) electrons. The van der Waals surface area contributed by atoms with Gasteiger partial charge in [0.2, 0.25) is 10.0 Å². The molecule has 1 aliphatic rings. The van der Waals surface area contributed by atoms with E-state index in [1.807, 2.05) is 6.92 Å². The third kappa shape index (κ3) is 2.43. The zero-order valence-corrected chi connectivity index (χ0v) is 11.6. The average molecular weight is 272 g/mol. The van der Waals surface area contributed by atoms with E-state index >= 15 is 0 Å². The number of sulfonamides is 1. The van der Waals surface area contributed by atoms with E-state index in [0.717, 1.165) is 12.8 Å². The Morgan fingerprint density at radius 3 is 2.89 bits per heavy atom. The van der Waals surface area contributed by atoms with Crippen molar-refractivity contribution in [2.45, 2.75) is 37.6 Å². The van der Waals surface area contributed by atoms with Crippen molar-refractivity contribution < 1.29 is 8.42 Å². The molecular formula is C11H20N4O2S. The van der Waals surface area contributed by atoms with Gasteiger partial charge in [-0.25, -0.2) is 8.42 Å². The van der Waals surface area contributed by atoms with E-state index < -0.39 is 10.0 Å². The highest BCUT2D eigenvalue weighted by molar-refractivity contribution is 7.89. The molecule has 6 nitrogen and oxygen atoms in total. The molecular weight excluding hydrogens is 252 g/mol. The van der Waals surface area contributed by atoms with Gasteiger partial charge in [0.25, 0.3) is 0 Å². The van der Waals surface area contributed by atoms with E-state index in [1.54, 1.807) is 6.92 Å². The molecule has 2 rings (SSSR count). The molecule has 18 heavy (non-hydrogen) atoms. The quantitative estimate of drug-likeness (QED) is 0.836. The fourth-order valence-electron chi connectivity index (χ4n) is 2.36. The van der Waals surface area contributed by atoms with Crippen molar-refractivity contribution in [2.24, 2.45) is 11.7 Å². The minimum atomic E-state index is -3.43. The van der Waals surface area contributed by atoms with Gasteiger partial charge in [-0.15, -0.1) is 0 Å². The Kier molecular flexibility index (Phi) is 3.74. The van der Waals surface area contributed by atoms with Gasteiger partial charge in [0, 0.05) is 19.1 Å². The van der Waals surface area contributed by atoms with Gasteiger partial charge in [0.05, 0.1) is 11.9 Å². The number of piperidine rings is 1. The maximum Gasteiger partial charge on any atom is 0.246 e. The van der Waals surface area contributed by atoms with E-state index in [0.29, 0.717) is 18.8 Å². The van der Waals surface area contributed by atoms with Gasteiger partial charge in [0.1, 0.15) is 4.90 Å². The summed E-state index contributed by atoms with van der Waals surface area (Å²) in [4.78, 5) is 0.271. The predicted molar refractivity (Wildman–Crippen MR) is 68.5 cm³/mol. The lowest BCUT2D eigenvalue weighted by atomic mass is 9.93. The molecule has 0 aliphatic carbocycles. The fraction of sp³-hybridized carbons (Fsp3) is 0.727. The summed E-state index contributed by atoms with van der Waals surface area (Å²) in [5, 5.41) is 6.45. The fourth-order valence-corrected chi connectivity index (χ4v) is 4.01. The topological polar surface area (TPSA) is 92.1 Å². The molecule has 0 aromatic carbocycles. The van der Waals surface area contributed by atoms with Crippen molar-refractivity contribution in [3.63, 3.8) is 0 Å². The Labute approximate surface area is 108 Å². The summed E-state index contributed by atoms with van der Waals surface area (Å²) in [6, 6.07) is 0.0217. The highest BCUT2D eigenvalue weighted by atomic mass is 32.2. The predicted octanol–water partition coefficient (Wildman–Crippen LogP) is 0.466. The first-order valence-electron chi connectivity index (χ1n) is 6.18. The van der Waals surface area contributed by atoms with Crippen LogP contribution in [-0.2, 0) is 10.0 Å². The number of aromatic nitrogens is 2. The minimum absolute atomic E-state index is 0.0217. The van der Waals surface area contributed by atoms with Crippen LogP contribution in [0.4, 0.5) is 0 Å². The van der Waals surface area contributed by atoms with Crippen LogP contribution >= 0.6 is 0 Å². The molecule has 7 heteroatoms. The Morgan fingerprint density at radius 1 is 1.61 bits per heavy atom. The number of hydrogen-bond donors (Lipinski definition) is 2. The molecule has 1 fully saturated rings. The second-order valence-corrected chi connectivity index (χ2v) is 6.89. The van der Waals surface area contributed by atoms with Crippen molar-refractivity contribution in [1.29, 1.82) is 0 Å². The Hall–Kier alpha value is -0.920. The Balaban J connectivity index is 2.23. The molecule has 0 spiro atoms. The molecule has 102 valence electrons. The largest absolute Gasteiger partial charge is 0.328 e. The van der Waals surface area contributed by atoms with Gasteiger partial charge in [-0.1, -0.05) is 0 Å². The number of hydrogen-bond acceptors (Lipinski definition) is 4. The van der Waals surface area contributed by atoms with Crippen molar-refractivity contribution in [2.75, 3.05) is 13.1 Å². The van der Waals surface area contributed by atoms with Gasteiger partial charge in [-0.3, -0.25) is 5.10 Å². The number of H-pyrrole nitrogens is 1. The van der Waals surface area contributed by atoms with Crippen LogP contribution in [0.2, 0.25) is 0 Å². The summed E-state index contributed by atoms with van der Waals surface area (Å²) in [7, 11) is -3.43. The van der Waals surface area contributed by atoms with Gasteiger partial charge >= 0.3 is 0 Å². The molecule has 1 saturated heterocycles. The van der Waals surface area contributed by atoms with Crippen LogP contribution in [0.25, 0.3) is 0 Å². The molecule has 2 heterocycles. The molecule has 2 atom stereocenters. The zero-order valence-electron chi connectivity index (χ0n) is 10.8. The van der Waals surface area contributed by atoms with Gasteiger partial charge in [-0.05, 0) is 32.6 Å². The van der Waals surface area contributed by atoms with Crippen molar-refractivity contribution in [3.05, 3.63) is 11.9 Å². The standard InChI is InChI=1S/C11H20N4O2S/c1-8(12)10-4-3-5-15(7-10)18(16,17)11-6-13-14-9(11)2/h6,8,10H,3-5,7,12H2,1-2H3,(H,13,14). The summed E-state index contributed by atoms with van der Waals surface area (Å²) in [6.45, 7) is 4.72. The van der Waals surface area contributed by atoms with Crippen LogP contribution in [-0.4, -0.2) is 42.1 Å². The first kappa shape index (κ1) is 13.5. The highest BCUT2D eigenvalue weighted by Crippen LogP contribution is 2.25. The summed E-state index contributed by atoms with van der Waals surface area (Å²) in [5.41, 5.74) is 6.46. The second-order valence-electron chi connectivity index (χ2n) is 4.98. The molecule has 0 saturated carbocycles. The van der Waals surface area contributed by atoms with Crippen molar-refractivity contribution >= 4 is 10.0 Å². The van der Waals surface area contributed by atoms with E-state index in [1.165, 1.54) is 10.5 Å². The monoisotopic (exact) mass is 272 g/mol. The summed E-state index contributed by atoms with van der Waals surface area (Å²) in [5.74, 6) is 0.237. The Morgan fingerprint density at radius 2 is 2.33 bits per heavy atom. The lowest BCUT2D eigenvalue weighted by Gasteiger charge is -2.33. The van der Waals surface area contributed by atoms with Crippen LogP contribution in [0.1, 0.15) is 25.5 Å². The number of aryl methyl sites for hydroxylation is 1. The first-order chi connectivity index (χ1) is 8.43. The van der Waals surface area contributed by atoms with E-state index in [-0.39, 0.29) is 16.9 Å². The molecule has 1 aromatic rings. The number of nitrogens with two attached hydrogens (primary N) is 1. The van der Waals surface area contributed by atoms with Crippen LogP contribution < -0.4 is 5.73 Å². The molecule has 1 aromatic heterocycles. The molecule has 0 bridgehead atoms. The van der Waals surface area contributed by atoms with Gasteiger partial charge in [0.15, 0.2) is 0 Å². The normalized spacial score (nSPS) is 24.1. The van der Waals surface area contributed by atoms with E-state index in [2.05, 4.69) is 10.2 Å². The van der Waals surface area contributed by atoms with Crippen molar-refractivity contribution in [1.82, 2.24) is 14.5 Å². The number of aromatic amines is 1. The molecule has 2 unspecified atom stereocenters. The third-order valence-electron chi connectivity index (χ3n) is 3.57.